The number of amides is 6. The van der Waals surface area contributed by atoms with Crippen molar-refractivity contribution in [3.8, 4) is 11.1 Å². The van der Waals surface area contributed by atoms with Gasteiger partial charge in [0.2, 0.25) is 17.7 Å². The first-order valence-corrected chi connectivity index (χ1v) is 20.9. The fraction of sp³-hybridized carbons (Fsp3) is 0.244. The van der Waals surface area contributed by atoms with Gasteiger partial charge in [0.25, 0.3) is 23.3 Å². The average molecular weight is 897 g/mol. The summed E-state index contributed by atoms with van der Waals surface area (Å²) in [5, 5.41) is 12.1. The summed E-state index contributed by atoms with van der Waals surface area (Å²) >= 11 is 18.6. The second-order valence-electron chi connectivity index (χ2n) is 14.9. The van der Waals surface area contributed by atoms with Gasteiger partial charge in [-0.05, 0) is 84.8 Å². The fourth-order valence-corrected chi connectivity index (χ4v) is 8.13. The number of benzene rings is 3. The topological polar surface area (TPSA) is 189 Å². The number of halogens is 3. The molecule has 5 aromatic rings. The van der Waals surface area contributed by atoms with Crippen molar-refractivity contribution in [1.82, 2.24) is 30.4 Å². The van der Waals surface area contributed by atoms with Crippen LogP contribution in [0.4, 0.5) is 5.69 Å². The standard InChI is InChI=1S/C45H40Cl3N7O7/c1-25-19-37(48)51-22-33(25)30-8-3-2-7-27(30)20-35(52-40(57)32-21-29(47)24-54(43(32)60)23-26-11-13-28(46)14-12-26)41(58)50-18-5-4-17-49-34-10-6-9-31-39(34)45(62)55(44(31)61)36-15-16-38(56)53-42(36)59/h2-3,6-14,19,21-22,24,35-36,49H,4-5,15-18,20,23H2,1H3,(H,50,58)(H,52,57)(H,53,56,59)/t35-,36?/m0/s1. The fourth-order valence-electron chi connectivity index (χ4n) is 7.57. The molecule has 2 aliphatic rings. The minimum absolute atomic E-state index is 0.0154. The van der Waals surface area contributed by atoms with Gasteiger partial charge in [0, 0.05) is 54.6 Å². The molecule has 62 heavy (non-hydrogen) atoms. The number of aryl methyl sites for hydroxylation is 1. The van der Waals surface area contributed by atoms with E-state index in [-0.39, 0.29) is 54.1 Å². The van der Waals surface area contributed by atoms with Crippen molar-refractivity contribution in [3.63, 3.8) is 0 Å². The second kappa shape index (κ2) is 19.1. The van der Waals surface area contributed by atoms with Crippen molar-refractivity contribution in [3.05, 3.63) is 150 Å². The summed E-state index contributed by atoms with van der Waals surface area (Å²) in [6.45, 7) is 2.60. The van der Waals surface area contributed by atoms with Gasteiger partial charge in [-0.15, -0.1) is 0 Å². The van der Waals surface area contributed by atoms with E-state index in [0.29, 0.717) is 35.2 Å². The van der Waals surface area contributed by atoms with Crippen molar-refractivity contribution in [1.29, 1.82) is 0 Å². The van der Waals surface area contributed by atoms with Crippen LogP contribution in [-0.4, -0.2) is 75.1 Å². The average Bonchev–Trinajstić information content (AvgIpc) is 3.50. The number of fused-ring (bicyclic) bond motifs is 1. The monoisotopic (exact) mass is 895 g/mol. The van der Waals surface area contributed by atoms with Gasteiger partial charge < -0.3 is 20.5 Å². The number of nitrogens with one attached hydrogen (secondary N) is 4. The second-order valence-corrected chi connectivity index (χ2v) is 16.2. The van der Waals surface area contributed by atoms with Crippen molar-refractivity contribution in [2.75, 3.05) is 18.4 Å². The molecule has 318 valence electrons. The van der Waals surface area contributed by atoms with Crippen molar-refractivity contribution >= 4 is 75.9 Å². The van der Waals surface area contributed by atoms with Crippen LogP contribution in [0.2, 0.25) is 15.2 Å². The van der Waals surface area contributed by atoms with Crippen LogP contribution in [0.5, 0.6) is 0 Å². The Hall–Kier alpha value is -6.35. The molecule has 1 fully saturated rings. The van der Waals surface area contributed by atoms with E-state index in [2.05, 4.69) is 26.3 Å². The number of rotatable bonds is 15. The Bertz CT molecular complexity index is 2670. The predicted molar refractivity (Wildman–Crippen MR) is 234 cm³/mol. The van der Waals surface area contributed by atoms with Gasteiger partial charge in [0.15, 0.2) is 0 Å². The zero-order valence-corrected chi connectivity index (χ0v) is 35.6. The zero-order valence-electron chi connectivity index (χ0n) is 33.3. The van der Waals surface area contributed by atoms with Crippen molar-refractivity contribution in [2.24, 2.45) is 0 Å². The SMILES string of the molecule is Cc1cc(Cl)ncc1-c1ccccc1C[C@H](NC(=O)c1cc(Cl)cn(Cc2ccc(Cl)cc2)c1=O)C(=O)NCCCCNc1cccc2c1C(=O)N(C1CCC(=O)NC1=O)C2=O. The van der Waals surface area contributed by atoms with Crippen LogP contribution in [0, 0.1) is 6.92 Å². The Labute approximate surface area is 371 Å². The molecule has 2 aromatic heterocycles. The van der Waals surface area contributed by atoms with Gasteiger partial charge >= 0.3 is 0 Å². The molecule has 1 saturated heterocycles. The third-order valence-corrected chi connectivity index (χ3v) is 11.3. The Morgan fingerprint density at radius 1 is 0.855 bits per heavy atom. The number of carbonyl (C=O) groups excluding carboxylic acids is 6. The molecular formula is C45H40Cl3N7O7. The highest BCUT2D eigenvalue weighted by Gasteiger charge is 2.45. The molecule has 2 atom stereocenters. The van der Waals surface area contributed by atoms with Crippen molar-refractivity contribution < 1.29 is 28.8 Å². The minimum Gasteiger partial charge on any atom is -0.384 e. The Morgan fingerprint density at radius 3 is 2.35 bits per heavy atom. The summed E-state index contributed by atoms with van der Waals surface area (Å²) in [4.78, 5) is 97.7. The molecule has 0 saturated carbocycles. The molecule has 14 nitrogen and oxygen atoms in total. The highest BCUT2D eigenvalue weighted by Crippen LogP contribution is 2.33. The lowest BCUT2D eigenvalue weighted by molar-refractivity contribution is -0.136. The van der Waals surface area contributed by atoms with Crippen LogP contribution in [0.1, 0.15) is 73.4 Å². The van der Waals surface area contributed by atoms with E-state index < -0.39 is 53.1 Å². The largest absolute Gasteiger partial charge is 0.384 e. The van der Waals surface area contributed by atoms with Crippen LogP contribution in [0.15, 0.2) is 96.1 Å². The maximum absolute atomic E-state index is 14.0. The number of hydrogen-bond acceptors (Lipinski definition) is 9. The van der Waals surface area contributed by atoms with Gasteiger partial charge in [0.1, 0.15) is 22.8 Å². The van der Waals surface area contributed by atoms with Crippen LogP contribution in [-0.2, 0) is 27.3 Å². The normalized spacial score (nSPS) is 15.2. The lowest BCUT2D eigenvalue weighted by Gasteiger charge is -2.27. The first-order valence-electron chi connectivity index (χ1n) is 19.8. The van der Waals surface area contributed by atoms with Gasteiger partial charge in [0.05, 0.1) is 22.7 Å². The quantitative estimate of drug-likeness (QED) is 0.0557. The van der Waals surface area contributed by atoms with E-state index >= 15 is 0 Å². The minimum atomic E-state index is -1.13. The molecule has 0 bridgehead atoms. The smallest absolute Gasteiger partial charge is 0.264 e. The Morgan fingerprint density at radius 2 is 1.60 bits per heavy atom. The number of pyridine rings is 2. The summed E-state index contributed by atoms with van der Waals surface area (Å²) in [5.41, 5.74) is 3.81. The van der Waals surface area contributed by atoms with E-state index in [0.717, 1.165) is 32.7 Å². The summed E-state index contributed by atoms with van der Waals surface area (Å²) < 4.78 is 1.32. The molecule has 0 radical (unpaired) electrons. The van der Waals surface area contributed by atoms with E-state index in [1.807, 2.05) is 31.2 Å². The third-order valence-electron chi connectivity index (χ3n) is 10.7. The van der Waals surface area contributed by atoms with Gasteiger partial charge in [-0.25, -0.2) is 4.98 Å². The molecule has 0 aliphatic carbocycles. The molecule has 17 heteroatoms. The molecule has 0 spiro atoms. The summed E-state index contributed by atoms with van der Waals surface area (Å²) in [5.74, 6) is -3.64. The lowest BCUT2D eigenvalue weighted by atomic mass is 9.93. The molecule has 4 heterocycles. The highest BCUT2D eigenvalue weighted by molar-refractivity contribution is 6.31. The van der Waals surface area contributed by atoms with Crippen LogP contribution in [0.25, 0.3) is 11.1 Å². The number of anilines is 1. The summed E-state index contributed by atoms with van der Waals surface area (Å²) in [7, 11) is 0. The third kappa shape index (κ3) is 9.73. The summed E-state index contributed by atoms with van der Waals surface area (Å²) in [6.07, 6.45) is 4.22. The van der Waals surface area contributed by atoms with E-state index in [9.17, 15) is 33.6 Å². The molecule has 3 aromatic carbocycles. The Balaban J connectivity index is 1.04. The first kappa shape index (κ1) is 43.7. The number of nitrogens with zero attached hydrogens (tertiary/aromatic N) is 3. The van der Waals surface area contributed by atoms with E-state index in [1.165, 1.54) is 22.9 Å². The Kier molecular flexibility index (Phi) is 13.5. The van der Waals surface area contributed by atoms with Gasteiger partial charge in [-0.1, -0.05) is 77.3 Å². The predicted octanol–water partition coefficient (Wildman–Crippen LogP) is 5.98. The van der Waals surface area contributed by atoms with Crippen LogP contribution in [0.3, 0.4) is 0 Å². The number of carbonyl (C=O) groups is 6. The maximum Gasteiger partial charge on any atom is 0.264 e. The molecule has 1 unspecified atom stereocenters. The number of hydrogen-bond donors (Lipinski definition) is 4. The number of imide groups is 2. The van der Waals surface area contributed by atoms with Gasteiger partial charge in [-0.3, -0.25) is 43.8 Å². The molecule has 7 rings (SSSR count). The van der Waals surface area contributed by atoms with E-state index in [4.69, 9.17) is 34.8 Å². The molecule has 6 amide bonds. The zero-order chi connectivity index (χ0) is 44.1. The van der Waals surface area contributed by atoms with E-state index in [1.54, 1.807) is 48.7 Å². The van der Waals surface area contributed by atoms with Gasteiger partial charge in [-0.2, -0.15) is 0 Å². The maximum atomic E-state index is 14.0. The lowest BCUT2D eigenvalue weighted by Crippen LogP contribution is -2.54. The first-order chi connectivity index (χ1) is 29.8. The van der Waals surface area contributed by atoms with Crippen LogP contribution >= 0.6 is 34.8 Å². The summed E-state index contributed by atoms with van der Waals surface area (Å²) in [6, 6.07) is 19.9. The number of aromatic nitrogens is 2. The number of unbranched alkanes of at least 4 members (excludes halogenated alkanes) is 1. The molecular weight excluding hydrogens is 857 g/mol. The highest BCUT2D eigenvalue weighted by atomic mass is 35.5. The molecule has 2 aliphatic heterocycles. The number of piperidine rings is 1. The molecule has 4 N–H and O–H groups in total. The van der Waals surface area contributed by atoms with Crippen molar-refractivity contribution in [2.45, 2.75) is 57.7 Å². The van der Waals surface area contributed by atoms with Crippen LogP contribution < -0.4 is 26.8 Å².